The highest BCUT2D eigenvalue weighted by atomic mass is 35.6. The Morgan fingerprint density at radius 2 is 2.08 bits per heavy atom. The number of carbonyl (C=O) groups excluding carboxylic acids is 1. The number of alkyl halides is 3. The largest absolute Gasteiger partial charge is 0.369 e. The maximum atomic E-state index is 10.8. The predicted molar refractivity (Wildman–Crippen MR) is 49.3 cm³/mol. The van der Waals surface area contributed by atoms with Crippen molar-refractivity contribution in [3.63, 3.8) is 0 Å². The number of allylic oxidation sites excluding steroid dienone is 1. The number of nitrogens with one attached hydrogen (secondary N) is 1. The molecule has 12 heavy (non-hydrogen) atoms. The van der Waals surface area contributed by atoms with Crippen molar-refractivity contribution in [2.75, 3.05) is 0 Å². The Morgan fingerprint density at radius 3 is 2.42 bits per heavy atom. The maximum Gasteiger partial charge on any atom is 0.245 e. The van der Waals surface area contributed by atoms with Crippen LogP contribution in [0, 0.1) is 0 Å². The van der Waals surface area contributed by atoms with E-state index in [4.69, 9.17) is 39.9 Å². The molecule has 70 valence electrons. The minimum atomic E-state index is -1.91. The molecule has 3 nitrogen and oxygen atoms in total. The first-order valence-electron chi connectivity index (χ1n) is 3.06. The zero-order valence-corrected chi connectivity index (χ0v) is 8.49. The van der Waals surface area contributed by atoms with Crippen LogP contribution in [0.1, 0.15) is 6.92 Å². The van der Waals surface area contributed by atoms with Crippen LogP contribution in [-0.4, -0.2) is 21.0 Å². The van der Waals surface area contributed by atoms with Gasteiger partial charge in [-0.05, 0) is 13.0 Å². The van der Waals surface area contributed by atoms with Crippen LogP contribution in [0.5, 0.6) is 0 Å². The number of aliphatic hydroxyl groups excluding tert-OH is 1. The minimum Gasteiger partial charge on any atom is -0.369 e. The average molecular weight is 232 g/mol. The van der Waals surface area contributed by atoms with E-state index < -0.39 is 15.9 Å². The summed E-state index contributed by atoms with van der Waals surface area (Å²) >= 11 is 15.8. The number of halogens is 3. The first-order valence-corrected chi connectivity index (χ1v) is 4.19. The summed E-state index contributed by atoms with van der Waals surface area (Å²) in [7, 11) is 0. The lowest BCUT2D eigenvalue weighted by Gasteiger charge is -2.18. The monoisotopic (exact) mass is 231 g/mol. The van der Waals surface area contributed by atoms with Gasteiger partial charge in [-0.1, -0.05) is 40.9 Å². The standard InChI is InChI=1S/C6H8Cl3NO2/c1-2-3-4(11)10-5(12)6(7,8)9/h2-3,5,12H,1H3,(H,10,11)/b3-2+/t5-/m1/s1. The lowest BCUT2D eigenvalue weighted by molar-refractivity contribution is -0.119. The molecular formula is C6H8Cl3NO2. The normalized spacial score (nSPS) is 14.8. The number of rotatable bonds is 2. The van der Waals surface area contributed by atoms with Crippen LogP contribution < -0.4 is 5.32 Å². The van der Waals surface area contributed by atoms with Gasteiger partial charge in [-0.15, -0.1) is 0 Å². The molecule has 0 aliphatic rings. The molecule has 0 aliphatic heterocycles. The van der Waals surface area contributed by atoms with E-state index >= 15 is 0 Å². The third kappa shape index (κ3) is 4.83. The summed E-state index contributed by atoms with van der Waals surface area (Å²) in [5, 5.41) is 11.1. The van der Waals surface area contributed by atoms with E-state index in [1.807, 2.05) is 0 Å². The summed E-state index contributed by atoms with van der Waals surface area (Å²) < 4.78 is -1.91. The summed E-state index contributed by atoms with van der Waals surface area (Å²) in [4.78, 5) is 10.8. The molecule has 0 radical (unpaired) electrons. The van der Waals surface area contributed by atoms with Gasteiger partial charge in [0.25, 0.3) is 0 Å². The third-order valence-electron chi connectivity index (χ3n) is 0.907. The fourth-order valence-electron chi connectivity index (χ4n) is 0.416. The fourth-order valence-corrected chi connectivity index (χ4v) is 0.580. The number of carbonyl (C=O) groups is 1. The highest BCUT2D eigenvalue weighted by Gasteiger charge is 2.31. The van der Waals surface area contributed by atoms with E-state index in [2.05, 4.69) is 5.32 Å². The molecule has 0 heterocycles. The van der Waals surface area contributed by atoms with Crippen molar-refractivity contribution >= 4 is 40.7 Å². The van der Waals surface area contributed by atoms with Crippen LogP contribution in [0.4, 0.5) is 0 Å². The molecular weight excluding hydrogens is 224 g/mol. The number of amides is 1. The van der Waals surface area contributed by atoms with Crippen molar-refractivity contribution in [2.24, 2.45) is 0 Å². The Kier molecular flexibility index (Phi) is 4.94. The van der Waals surface area contributed by atoms with Crippen LogP contribution in [0.3, 0.4) is 0 Å². The van der Waals surface area contributed by atoms with E-state index in [0.29, 0.717) is 0 Å². The van der Waals surface area contributed by atoms with Crippen molar-refractivity contribution < 1.29 is 9.90 Å². The predicted octanol–water partition coefficient (Wildman–Crippen LogP) is 1.37. The van der Waals surface area contributed by atoms with Gasteiger partial charge in [-0.3, -0.25) is 4.79 Å². The van der Waals surface area contributed by atoms with E-state index in [-0.39, 0.29) is 0 Å². The van der Waals surface area contributed by atoms with Gasteiger partial charge in [0.15, 0.2) is 6.23 Å². The molecule has 0 saturated heterocycles. The Morgan fingerprint density at radius 1 is 1.58 bits per heavy atom. The fraction of sp³-hybridized carbons (Fsp3) is 0.500. The van der Waals surface area contributed by atoms with Crippen molar-refractivity contribution in [3.05, 3.63) is 12.2 Å². The quantitative estimate of drug-likeness (QED) is 0.429. The summed E-state index contributed by atoms with van der Waals surface area (Å²) in [6.07, 6.45) is 1.20. The molecule has 0 unspecified atom stereocenters. The lowest BCUT2D eigenvalue weighted by Crippen LogP contribution is -2.42. The van der Waals surface area contributed by atoms with E-state index in [0.717, 1.165) is 0 Å². The summed E-state index contributed by atoms with van der Waals surface area (Å²) in [6.45, 7) is 1.65. The molecule has 1 atom stereocenters. The second-order valence-electron chi connectivity index (χ2n) is 1.95. The zero-order valence-electron chi connectivity index (χ0n) is 6.22. The second-order valence-corrected chi connectivity index (χ2v) is 4.32. The summed E-state index contributed by atoms with van der Waals surface area (Å²) in [6, 6.07) is 0. The van der Waals surface area contributed by atoms with Crippen LogP contribution >= 0.6 is 34.8 Å². The van der Waals surface area contributed by atoms with E-state index in [1.165, 1.54) is 12.2 Å². The van der Waals surface area contributed by atoms with E-state index in [1.54, 1.807) is 6.92 Å². The Bertz CT molecular complexity index is 188. The van der Waals surface area contributed by atoms with Gasteiger partial charge in [0, 0.05) is 0 Å². The van der Waals surface area contributed by atoms with Crippen molar-refractivity contribution in [1.82, 2.24) is 5.32 Å². The van der Waals surface area contributed by atoms with Crippen LogP contribution in [0.25, 0.3) is 0 Å². The summed E-state index contributed by atoms with van der Waals surface area (Å²) in [5.41, 5.74) is 0. The SMILES string of the molecule is C/C=C/C(=O)N[C@H](O)C(Cl)(Cl)Cl. The molecule has 0 fully saturated rings. The van der Waals surface area contributed by atoms with Gasteiger partial charge in [0.05, 0.1) is 0 Å². The Balaban J connectivity index is 4.01. The summed E-state index contributed by atoms with van der Waals surface area (Å²) in [5.74, 6) is -0.517. The minimum absolute atomic E-state index is 0.517. The smallest absolute Gasteiger partial charge is 0.245 e. The highest BCUT2D eigenvalue weighted by Crippen LogP contribution is 2.28. The molecule has 0 spiro atoms. The van der Waals surface area contributed by atoms with Gasteiger partial charge in [-0.25, -0.2) is 0 Å². The average Bonchev–Trinajstić information content (AvgIpc) is 1.85. The number of hydrogen-bond acceptors (Lipinski definition) is 2. The molecule has 0 aromatic rings. The van der Waals surface area contributed by atoms with Crippen molar-refractivity contribution in [1.29, 1.82) is 0 Å². The zero-order chi connectivity index (χ0) is 9.78. The molecule has 1 amide bonds. The molecule has 0 saturated carbocycles. The molecule has 6 heteroatoms. The Labute approximate surface area is 85.3 Å². The van der Waals surface area contributed by atoms with E-state index in [9.17, 15) is 4.79 Å². The molecule has 2 N–H and O–H groups in total. The molecule has 0 bridgehead atoms. The van der Waals surface area contributed by atoms with Crippen LogP contribution in [0.15, 0.2) is 12.2 Å². The molecule has 0 aliphatic carbocycles. The topological polar surface area (TPSA) is 49.3 Å². The van der Waals surface area contributed by atoms with Crippen LogP contribution in [0.2, 0.25) is 0 Å². The third-order valence-corrected chi connectivity index (χ3v) is 1.53. The highest BCUT2D eigenvalue weighted by molar-refractivity contribution is 6.68. The lowest BCUT2D eigenvalue weighted by atomic mass is 10.5. The van der Waals surface area contributed by atoms with Gasteiger partial charge < -0.3 is 10.4 Å². The first-order chi connectivity index (χ1) is 5.38. The van der Waals surface area contributed by atoms with Gasteiger partial charge in [0.2, 0.25) is 9.70 Å². The van der Waals surface area contributed by atoms with Gasteiger partial charge in [0.1, 0.15) is 0 Å². The van der Waals surface area contributed by atoms with Crippen molar-refractivity contribution in [2.45, 2.75) is 16.9 Å². The number of hydrogen-bond donors (Lipinski definition) is 2. The number of aliphatic hydroxyl groups is 1. The maximum absolute atomic E-state index is 10.8. The molecule has 0 aromatic carbocycles. The Hall–Kier alpha value is 0.0400. The molecule has 0 rings (SSSR count). The van der Waals surface area contributed by atoms with Crippen molar-refractivity contribution in [3.8, 4) is 0 Å². The van der Waals surface area contributed by atoms with Gasteiger partial charge >= 0.3 is 0 Å². The second kappa shape index (κ2) is 4.92. The molecule has 0 aromatic heterocycles. The van der Waals surface area contributed by atoms with Gasteiger partial charge in [-0.2, -0.15) is 0 Å². The van der Waals surface area contributed by atoms with Crippen LogP contribution in [-0.2, 0) is 4.79 Å². The first kappa shape index (κ1) is 12.0.